The van der Waals surface area contributed by atoms with Gasteiger partial charge in [0.05, 0.1) is 0 Å². The van der Waals surface area contributed by atoms with Gasteiger partial charge in [-0.3, -0.25) is 4.98 Å². The van der Waals surface area contributed by atoms with E-state index in [1.807, 2.05) is 25.1 Å². The number of hydrogen-bond donors (Lipinski definition) is 1. The van der Waals surface area contributed by atoms with Crippen molar-refractivity contribution >= 4 is 5.82 Å². The van der Waals surface area contributed by atoms with Crippen LogP contribution in [0.15, 0.2) is 30.6 Å². The molecule has 0 spiro atoms. The third-order valence-electron chi connectivity index (χ3n) is 4.13. The highest BCUT2D eigenvalue weighted by atomic mass is 15.0. The number of aryl methyl sites for hydroxylation is 1. The molecule has 104 valence electrons. The SMILES string of the molecule is CCC1(CNc2cc(C)nc(-c3cccnc3)n2)CC1. The number of aromatic nitrogens is 3. The molecule has 2 heterocycles. The van der Waals surface area contributed by atoms with Crippen molar-refractivity contribution in [3.63, 3.8) is 0 Å². The second kappa shape index (κ2) is 5.19. The fourth-order valence-electron chi connectivity index (χ4n) is 2.39. The zero-order valence-corrected chi connectivity index (χ0v) is 12.1. The molecule has 0 amide bonds. The molecule has 1 saturated carbocycles. The molecule has 0 unspecified atom stereocenters. The average Bonchev–Trinajstić information content (AvgIpc) is 3.26. The monoisotopic (exact) mass is 268 g/mol. The van der Waals surface area contributed by atoms with Crippen LogP contribution in [-0.2, 0) is 0 Å². The first-order chi connectivity index (χ1) is 9.71. The van der Waals surface area contributed by atoms with Gasteiger partial charge in [-0.25, -0.2) is 9.97 Å². The molecular formula is C16H20N4. The van der Waals surface area contributed by atoms with Crippen LogP contribution in [0.25, 0.3) is 11.4 Å². The lowest BCUT2D eigenvalue weighted by atomic mass is 10.0. The van der Waals surface area contributed by atoms with E-state index in [1.165, 1.54) is 19.3 Å². The molecule has 20 heavy (non-hydrogen) atoms. The van der Waals surface area contributed by atoms with Gasteiger partial charge in [-0.05, 0) is 43.7 Å². The summed E-state index contributed by atoms with van der Waals surface area (Å²) in [7, 11) is 0. The Hall–Kier alpha value is -1.97. The molecule has 2 aromatic rings. The summed E-state index contributed by atoms with van der Waals surface area (Å²) in [4.78, 5) is 13.2. The topological polar surface area (TPSA) is 50.7 Å². The van der Waals surface area contributed by atoms with E-state index in [0.717, 1.165) is 29.4 Å². The van der Waals surface area contributed by atoms with Gasteiger partial charge >= 0.3 is 0 Å². The van der Waals surface area contributed by atoms with Crippen LogP contribution < -0.4 is 5.32 Å². The Morgan fingerprint density at radius 2 is 2.15 bits per heavy atom. The number of anilines is 1. The number of nitrogens with zero attached hydrogens (tertiary/aromatic N) is 3. The fourth-order valence-corrected chi connectivity index (χ4v) is 2.39. The summed E-state index contributed by atoms with van der Waals surface area (Å²) < 4.78 is 0. The number of nitrogens with one attached hydrogen (secondary N) is 1. The zero-order chi connectivity index (χ0) is 14.0. The van der Waals surface area contributed by atoms with E-state index in [9.17, 15) is 0 Å². The van der Waals surface area contributed by atoms with Crippen LogP contribution in [-0.4, -0.2) is 21.5 Å². The second-order valence-electron chi connectivity index (χ2n) is 5.67. The van der Waals surface area contributed by atoms with Gasteiger partial charge in [0, 0.05) is 36.3 Å². The average molecular weight is 268 g/mol. The lowest BCUT2D eigenvalue weighted by molar-refractivity contribution is 0.520. The van der Waals surface area contributed by atoms with Crippen LogP contribution >= 0.6 is 0 Å². The molecule has 0 saturated heterocycles. The van der Waals surface area contributed by atoms with E-state index < -0.39 is 0 Å². The van der Waals surface area contributed by atoms with E-state index in [1.54, 1.807) is 12.4 Å². The Kier molecular flexibility index (Phi) is 3.38. The van der Waals surface area contributed by atoms with Gasteiger partial charge in [0.15, 0.2) is 5.82 Å². The largest absolute Gasteiger partial charge is 0.369 e. The molecule has 0 aromatic carbocycles. The van der Waals surface area contributed by atoms with Crippen LogP contribution in [0.2, 0.25) is 0 Å². The summed E-state index contributed by atoms with van der Waals surface area (Å²) in [6.07, 6.45) is 7.45. The summed E-state index contributed by atoms with van der Waals surface area (Å²) in [6, 6.07) is 5.90. The molecular weight excluding hydrogens is 248 g/mol. The first-order valence-corrected chi connectivity index (χ1v) is 7.21. The van der Waals surface area contributed by atoms with Gasteiger partial charge in [0.2, 0.25) is 0 Å². The Balaban J connectivity index is 1.80. The maximum atomic E-state index is 4.61. The second-order valence-corrected chi connectivity index (χ2v) is 5.67. The molecule has 1 aliphatic rings. The minimum atomic E-state index is 0.507. The van der Waals surface area contributed by atoms with Crippen LogP contribution in [0.4, 0.5) is 5.82 Å². The van der Waals surface area contributed by atoms with Gasteiger partial charge < -0.3 is 5.32 Å². The van der Waals surface area contributed by atoms with E-state index >= 15 is 0 Å². The van der Waals surface area contributed by atoms with Gasteiger partial charge in [-0.2, -0.15) is 0 Å². The predicted octanol–water partition coefficient (Wildman–Crippen LogP) is 3.45. The van der Waals surface area contributed by atoms with Gasteiger partial charge in [-0.15, -0.1) is 0 Å². The molecule has 4 heteroatoms. The molecule has 2 aromatic heterocycles. The Morgan fingerprint density at radius 1 is 1.30 bits per heavy atom. The van der Waals surface area contributed by atoms with Gasteiger partial charge in [0.25, 0.3) is 0 Å². The summed E-state index contributed by atoms with van der Waals surface area (Å²) >= 11 is 0. The molecule has 0 bridgehead atoms. The van der Waals surface area contributed by atoms with Crippen molar-refractivity contribution in [3.8, 4) is 11.4 Å². The van der Waals surface area contributed by atoms with Crippen molar-refractivity contribution in [2.75, 3.05) is 11.9 Å². The maximum Gasteiger partial charge on any atom is 0.163 e. The predicted molar refractivity (Wildman–Crippen MR) is 80.4 cm³/mol. The maximum absolute atomic E-state index is 4.61. The minimum Gasteiger partial charge on any atom is -0.369 e. The Morgan fingerprint density at radius 3 is 2.80 bits per heavy atom. The summed E-state index contributed by atoms with van der Waals surface area (Å²) in [6.45, 7) is 5.27. The lowest BCUT2D eigenvalue weighted by Gasteiger charge is -2.14. The van der Waals surface area contributed by atoms with E-state index in [-0.39, 0.29) is 0 Å². The molecule has 4 nitrogen and oxygen atoms in total. The third kappa shape index (κ3) is 2.79. The van der Waals surface area contributed by atoms with Crippen LogP contribution in [0.1, 0.15) is 31.9 Å². The normalized spacial score (nSPS) is 15.9. The third-order valence-corrected chi connectivity index (χ3v) is 4.13. The highest BCUT2D eigenvalue weighted by Crippen LogP contribution is 2.48. The first-order valence-electron chi connectivity index (χ1n) is 7.21. The van der Waals surface area contributed by atoms with Crippen LogP contribution in [0.5, 0.6) is 0 Å². The molecule has 1 aliphatic carbocycles. The van der Waals surface area contributed by atoms with Gasteiger partial charge in [0.1, 0.15) is 5.82 Å². The lowest BCUT2D eigenvalue weighted by Crippen LogP contribution is -2.15. The standard InChI is InChI=1S/C16H20N4/c1-3-16(6-7-16)11-18-14-9-12(2)19-15(20-14)13-5-4-8-17-10-13/h4-5,8-10H,3,6-7,11H2,1-2H3,(H,18,19,20). The molecule has 0 atom stereocenters. The summed E-state index contributed by atoms with van der Waals surface area (Å²) in [5, 5.41) is 3.48. The van der Waals surface area contributed by atoms with Crippen molar-refractivity contribution in [2.24, 2.45) is 5.41 Å². The molecule has 3 rings (SSSR count). The van der Waals surface area contributed by atoms with Crippen molar-refractivity contribution < 1.29 is 0 Å². The molecule has 0 aliphatic heterocycles. The van der Waals surface area contributed by atoms with E-state index in [0.29, 0.717) is 5.41 Å². The zero-order valence-electron chi connectivity index (χ0n) is 12.1. The first kappa shape index (κ1) is 13.0. The number of pyridine rings is 1. The quantitative estimate of drug-likeness (QED) is 0.902. The van der Waals surface area contributed by atoms with Crippen molar-refractivity contribution in [2.45, 2.75) is 33.1 Å². The van der Waals surface area contributed by atoms with E-state index in [2.05, 4.69) is 27.2 Å². The number of rotatable bonds is 5. The highest BCUT2D eigenvalue weighted by molar-refractivity contribution is 5.56. The Bertz CT molecular complexity index is 591. The molecule has 1 N–H and O–H groups in total. The molecule has 0 radical (unpaired) electrons. The van der Waals surface area contributed by atoms with Crippen molar-refractivity contribution in [1.29, 1.82) is 0 Å². The number of hydrogen-bond acceptors (Lipinski definition) is 4. The fraction of sp³-hybridized carbons (Fsp3) is 0.438. The van der Waals surface area contributed by atoms with E-state index in [4.69, 9.17) is 0 Å². The smallest absolute Gasteiger partial charge is 0.163 e. The van der Waals surface area contributed by atoms with Crippen LogP contribution in [0, 0.1) is 12.3 Å². The van der Waals surface area contributed by atoms with Crippen molar-refractivity contribution in [1.82, 2.24) is 15.0 Å². The minimum absolute atomic E-state index is 0.507. The highest BCUT2D eigenvalue weighted by Gasteiger charge is 2.40. The molecule has 1 fully saturated rings. The van der Waals surface area contributed by atoms with Crippen LogP contribution in [0.3, 0.4) is 0 Å². The Labute approximate surface area is 119 Å². The van der Waals surface area contributed by atoms with Gasteiger partial charge in [-0.1, -0.05) is 6.92 Å². The summed E-state index contributed by atoms with van der Waals surface area (Å²) in [5.74, 6) is 1.65. The van der Waals surface area contributed by atoms with Crippen molar-refractivity contribution in [3.05, 3.63) is 36.3 Å². The summed E-state index contributed by atoms with van der Waals surface area (Å²) in [5.41, 5.74) is 2.44.